The predicted octanol–water partition coefficient (Wildman–Crippen LogP) is 4.37. The Bertz CT molecular complexity index is 857. The number of ether oxygens (including phenoxy) is 1. The number of halogens is 2. The number of methoxy groups -OCH3 is 1. The highest BCUT2D eigenvalue weighted by Gasteiger charge is 2.38. The highest BCUT2D eigenvalue weighted by molar-refractivity contribution is 6.34. The highest BCUT2D eigenvalue weighted by atomic mass is 35.5. The fourth-order valence-corrected chi connectivity index (χ4v) is 4.27. The summed E-state index contributed by atoms with van der Waals surface area (Å²) in [6.45, 7) is 0. The van der Waals surface area contributed by atoms with Crippen molar-refractivity contribution in [3.8, 4) is 0 Å². The van der Waals surface area contributed by atoms with Gasteiger partial charge in [-0.05, 0) is 54.3 Å². The number of nitrogens with two attached hydrogens (primary N) is 1. The summed E-state index contributed by atoms with van der Waals surface area (Å²) < 4.78 is 4.74. The average Bonchev–Trinajstić information content (AvgIpc) is 3.15. The predicted molar refractivity (Wildman–Crippen MR) is 109 cm³/mol. The van der Waals surface area contributed by atoms with Crippen molar-refractivity contribution in [3.05, 3.63) is 69.2 Å². The number of carbonyl (C=O) groups excluding carboxylic acids is 2. The average molecular weight is 421 g/mol. The molecule has 1 unspecified atom stereocenters. The number of benzene rings is 2. The van der Waals surface area contributed by atoms with Crippen LogP contribution in [0.15, 0.2) is 42.5 Å². The van der Waals surface area contributed by atoms with Gasteiger partial charge in [-0.15, -0.1) is 0 Å². The third-order valence-corrected chi connectivity index (χ3v) is 5.64. The van der Waals surface area contributed by atoms with Gasteiger partial charge in [0.1, 0.15) is 6.04 Å². The summed E-state index contributed by atoms with van der Waals surface area (Å²) in [5.41, 5.74) is 7.65. The lowest BCUT2D eigenvalue weighted by Crippen LogP contribution is -2.47. The number of carbonyl (C=O) groups is 2. The van der Waals surface area contributed by atoms with Gasteiger partial charge in [0.2, 0.25) is 5.91 Å². The molecule has 0 radical (unpaired) electrons. The normalized spacial score (nSPS) is 16.4. The van der Waals surface area contributed by atoms with Crippen molar-refractivity contribution >= 4 is 35.1 Å². The second-order valence-corrected chi connectivity index (χ2v) is 7.90. The molecule has 0 heterocycles. The third kappa shape index (κ3) is 4.32. The molecular formula is C21H22Cl2N2O3. The van der Waals surface area contributed by atoms with Gasteiger partial charge in [-0.2, -0.15) is 0 Å². The van der Waals surface area contributed by atoms with E-state index in [1.54, 1.807) is 30.3 Å². The minimum atomic E-state index is -0.886. The molecule has 0 aliphatic heterocycles. The van der Waals surface area contributed by atoms with E-state index in [-0.39, 0.29) is 5.91 Å². The van der Waals surface area contributed by atoms with Crippen molar-refractivity contribution < 1.29 is 14.3 Å². The lowest BCUT2D eigenvalue weighted by atomic mass is 9.87. The Kier molecular flexibility index (Phi) is 6.28. The van der Waals surface area contributed by atoms with Crippen molar-refractivity contribution in [2.75, 3.05) is 7.11 Å². The van der Waals surface area contributed by atoms with Crippen LogP contribution < -0.4 is 11.1 Å². The zero-order valence-corrected chi connectivity index (χ0v) is 17.0. The maximum absolute atomic E-state index is 12.9. The summed E-state index contributed by atoms with van der Waals surface area (Å²) in [5, 5.41) is 4.00. The van der Waals surface area contributed by atoms with Crippen LogP contribution in [0.5, 0.6) is 0 Å². The Balaban J connectivity index is 1.84. The summed E-state index contributed by atoms with van der Waals surface area (Å²) in [7, 11) is 1.35. The molecule has 3 N–H and O–H groups in total. The first-order valence-electron chi connectivity index (χ1n) is 9.07. The van der Waals surface area contributed by atoms with E-state index in [0.717, 1.165) is 31.2 Å². The van der Waals surface area contributed by atoms with E-state index in [2.05, 4.69) is 5.32 Å². The smallest absolute Gasteiger partial charge is 0.337 e. The number of rotatable bonds is 5. The fraction of sp³-hybridized carbons (Fsp3) is 0.333. The molecule has 5 nitrogen and oxygen atoms in total. The summed E-state index contributed by atoms with van der Waals surface area (Å²) >= 11 is 12.1. The molecular weight excluding hydrogens is 399 g/mol. The van der Waals surface area contributed by atoms with Gasteiger partial charge >= 0.3 is 5.97 Å². The number of nitrogens with one attached hydrogen (secondary N) is 1. The molecule has 0 bridgehead atoms. The van der Waals surface area contributed by atoms with Crippen LogP contribution in [0.2, 0.25) is 10.0 Å². The van der Waals surface area contributed by atoms with Crippen molar-refractivity contribution in [3.63, 3.8) is 0 Å². The lowest BCUT2D eigenvalue weighted by molar-refractivity contribution is -0.124. The minimum absolute atomic E-state index is 0.294. The third-order valence-electron chi connectivity index (χ3n) is 5.20. The Hall–Kier alpha value is -2.08. The first-order chi connectivity index (χ1) is 13.3. The van der Waals surface area contributed by atoms with Crippen LogP contribution in [0.4, 0.5) is 0 Å². The van der Waals surface area contributed by atoms with Crippen LogP contribution in [0.25, 0.3) is 0 Å². The molecule has 1 aliphatic rings. The van der Waals surface area contributed by atoms with Crippen LogP contribution in [0.3, 0.4) is 0 Å². The maximum Gasteiger partial charge on any atom is 0.337 e. The molecule has 1 aliphatic carbocycles. The SMILES string of the molecule is COC(=O)c1ccc(C2(NC(=O)C(N)c3cc(Cl)cc(Cl)c3)CCCC2)cc1. The quantitative estimate of drug-likeness (QED) is 0.703. The minimum Gasteiger partial charge on any atom is -0.465 e. The molecule has 1 atom stereocenters. The van der Waals surface area contributed by atoms with E-state index in [1.165, 1.54) is 7.11 Å². The monoisotopic (exact) mass is 420 g/mol. The van der Waals surface area contributed by atoms with Gasteiger partial charge in [0, 0.05) is 10.0 Å². The van der Waals surface area contributed by atoms with Crippen LogP contribution in [0.1, 0.15) is 53.2 Å². The van der Waals surface area contributed by atoms with E-state index in [9.17, 15) is 9.59 Å². The van der Waals surface area contributed by atoms with Gasteiger partial charge in [-0.1, -0.05) is 48.2 Å². The topological polar surface area (TPSA) is 81.4 Å². The first kappa shape index (κ1) is 20.6. The summed E-state index contributed by atoms with van der Waals surface area (Å²) in [4.78, 5) is 24.6. The standard InChI is InChI=1S/C21H22Cl2N2O3/c1-28-20(27)13-4-6-15(7-5-13)21(8-2-3-9-21)25-19(26)18(24)14-10-16(22)12-17(23)11-14/h4-7,10-12,18H,2-3,8-9,24H2,1H3,(H,25,26). The van der Waals surface area contributed by atoms with E-state index in [1.807, 2.05) is 12.1 Å². The van der Waals surface area contributed by atoms with Crippen LogP contribution >= 0.6 is 23.2 Å². The molecule has 1 amide bonds. The zero-order chi connectivity index (χ0) is 20.3. The van der Waals surface area contributed by atoms with Gasteiger partial charge in [-0.25, -0.2) is 4.79 Å². The van der Waals surface area contributed by atoms with Crippen molar-refractivity contribution in [2.24, 2.45) is 5.73 Å². The molecule has 2 aromatic rings. The Labute approximate surface area is 174 Å². The fourth-order valence-electron chi connectivity index (χ4n) is 3.73. The van der Waals surface area contributed by atoms with Crippen molar-refractivity contribution in [1.29, 1.82) is 0 Å². The Morgan fingerprint density at radius 2 is 1.64 bits per heavy atom. The molecule has 28 heavy (non-hydrogen) atoms. The van der Waals surface area contributed by atoms with Crippen molar-refractivity contribution in [1.82, 2.24) is 5.32 Å². The molecule has 0 aromatic heterocycles. The molecule has 0 spiro atoms. The van der Waals surface area contributed by atoms with Gasteiger partial charge in [0.25, 0.3) is 0 Å². The largest absolute Gasteiger partial charge is 0.465 e. The molecule has 7 heteroatoms. The van der Waals surface area contributed by atoms with Gasteiger partial charge in [-0.3, -0.25) is 4.79 Å². The second-order valence-electron chi connectivity index (χ2n) is 7.03. The number of esters is 1. The van der Waals surface area contributed by atoms with Gasteiger partial charge in [0.05, 0.1) is 18.2 Å². The first-order valence-corrected chi connectivity index (χ1v) is 9.83. The van der Waals surface area contributed by atoms with Crippen LogP contribution in [-0.2, 0) is 15.1 Å². The summed E-state index contributed by atoms with van der Waals surface area (Å²) in [6.07, 6.45) is 3.60. The Morgan fingerprint density at radius 1 is 1.07 bits per heavy atom. The van der Waals surface area contributed by atoms with E-state index < -0.39 is 17.6 Å². The molecule has 3 rings (SSSR count). The second kappa shape index (κ2) is 8.52. The van der Waals surface area contributed by atoms with Gasteiger partial charge < -0.3 is 15.8 Å². The van der Waals surface area contributed by atoms with E-state index >= 15 is 0 Å². The highest BCUT2D eigenvalue weighted by Crippen LogP contribution is 2.39. The number of hydrogen-bond donors (Lipinski definition) is 2. The van der Waals surface area contributed by atoms with Crippen LogP contribution in [0, 0.1) is 0 Å². The molecule has 0 saturated heterocycles. The van der Waals surface area contributed by atoms with Gasteiger partial charge in [0.15, 0.2) is 0 Å². The van der Waals surface area contributed by atoms with Crippen LogP contribution in [-0.4, -0.2) is 19.0 Å². The number of hydrogen-bond acceptors (Lipinski definition) is 4. The molecule has 1 fully saturated rings. The number of amides is 1. The molecule has 1 saturated carbocycles. The molecule has 2 aromatic carbocycles. The summed E-state index contributed by atoms with van der Waals surface area (Å²) in [5.74, 6) is -0.687. The van der Waals surface area contributed by atoms with E-state index in [4.69, 9.17) is 33.7 Å². The lowest BCUT2D eigenvalue weighted by Gasteiger charge is -2.32. The summed E-state index contributed by atoms with van der Waals surface area (Å²) in [6, 6.07) is 11.1. The Morgan fingerprint density at radius 3 is 2.18 bits per heavy atom. The zero-order valence-electron chi connectivity index (χ0n) is 15.5. The van der Waals surface area contributed by atoms with E-state index in [0.29, 0.717) is 21.2 Å². The van der Waals surface area contributed by atoms with Crippen molar-refractivity contribution in [2.45, 2.75) is 37.3 Å². The molecule has 148 valence electrons. The maximum atomic E-state index is 12.9.